The van der Waals surface area contributed by atoms with Crippen molar-refractivity contribution in [3.05, 3.63) is 56.2 Å². The normalized spacial score (nSPS) is 12.8. The molecular weight excluding hydrogens is 656 g/mol. The summed E-state index contributed by atoms with van der Waals surface area (Å²) in [5.74, 6) is -0.609. The van der Waals surface area contributed by atoms with Crippen LogP contribution in [-0.2, 0) is 5.67 Å². The van der Waals surface area contributed by atoms with Gasteiger partial charge in [0.1, 0.15) is 5.75 Å². The van der Waals surface area contributed by atoms with Crippen LogP contribution in [0.2, 0.25) is 0 Å². The van der Waals surface area contributed by atoms with Crippen molar-refractivity contribution in [2.75, 3.05) is 24.4 Å². The van der Waals surface area contributed by atoms with Gasteiger partial charge in [-0.05, 0) is 73.4 Å². The van der Waals surface area contributed by atoms with E-state index < -0.39 is 40.9 Å². The number of anilines is 1. The number of alkyl halides is 7. The van der Waals surface area contributed by atoms with Gasteiger partial charge in [-0.25, -0.2) is 4.39 Å². The molecule has 2 N–H and O–H groups in total. The van der Waals surface area contributed by atoms with Crippen LogP contribution in [0.4, 0.5) is 36.4 Å². The molecule has 5 nitrogen and oxygen atoms in total. The van der Waals surface area contributed by atoms with Crippen LogP contribution < -0.4 is 15.4 Å². The highest BCUT2D eigenvalue weighted by Gasteiger charge is 2.73. The van der Waals surface area contributed by atoms with E-state index in [4.69, 9.17) is 4.74 Å². The number of methoxy groups -OCH3 is 1. The highest BCUT2D eigenvalue weighted by molar-refractivity contribution is 14.1. The van der Waals surface area contributed by atoms with Crippen LogP contribution in [0, 0.1) is 10.5 Å². The molecule has 0 atom stereocenters. The predicted octanol–water partition coefficient (Wildman–Crippen LogP) is 7.02. The molecule has 14 heteroatoms. The minimum absolute atomic E-state index is 0.0391. The lowest BCUT2D eigenvalue weighted by molar-refractivity contribution is -0.348. The highest BCUT2D eigenvalue weighted by atomic mass is 127. The molecule has 0 heterocycles. The minimum Gasteiger partial charge on any atom is -0.496 e. The molecule has 2 aromatic rings. The van der Waals surface area contributed by atoms with Crippen molar-refractivity contribution in [3.8, 4) is 5.75 Å². The van der Waals surface area contributed by atoms with Gasteiger partial charge >= 0.3 is 18.0 Å². The van der Waals surface area contributed by atoms with Crippen molar-refractivity contribution in [1.82, 2.24) is 5.32 Å². The number of aryl methyl sites for hydroxylation is 1. The molecule has 0 saturated heterocycles. The molecule has 210 valence electrons. The zero-order valence-electron chi connectivity index (χ0n) is 20.8. The number of carbonyl (C=O) groups excluding carboxylic acids is 2. The third-order valence-corrected chi connectivity index (χ3v) is 7.49. The van der Waals surface area contributed by atoms with Crippen LogP contribution in [0.1, 0.15) is 45.7 Å². The zero-order chi connectivity index (χ0) is 29.3. The van der Waals surface area contributed by atoms with Gasteiger partial charge in [0.05, 0.1) is 21.8 Å². The SMILES string of the molecule is COc1ccc(C(=O)Nc2ccc(C(F)(C(F)(F)F)C(F)(F)F)cc2C)c(C(=O)NC(C)(C)CSC)c1I. The van der Waals surface area contributed by atoms with E-state index in [9.17, 15) is 40.3 Å². The fourth-order valence-electron chi connectivity index (χ4n) is 3.59. The van der Waals surface area contributed by atoms with E-state index in [0.717, 1.165) is 13.0 Å². The van der Waals surface area contributed by atoms with Gasteiger partial charge in [0.2, 0.25) is 0 Å². The summed E-state index contributed by atoms with van der Waals surface area (Å²) in [5.41, 5.74) is -8.54. The lowest BCUT2D eigenvalue weighted by atomic mass is 9.92. The standard InChI is InChI=1S/C24H24F7IN2O3S/c1-12-10-13(22(25,23(26,27)28)24(29,30)31)6-8-15(12)33-19(35)14-7-9-16(37-4)18(32)17(14)20(36)34-21(2,3)11-38-5/h6-10H,11H2,1-5H3,(H,33,35)(H,34,36). The molecule has 0 aliphatic heterocycles. The number of thioether (sulfide) groups is 1. The third kappa shape index (κ3) is 6.49. The Morgan fingerprint density at radius 1 is 0.974 bits per heavy atom. The maximum Gasteiger partial charge on any atom is 0.435 e. The van der Waals surface area contributed by atoms with Crippen LogP contribution in [0.3, 0.4) is 0 Å². The van der Waals surface area contributed by atoms with E-state index in [2.05, 4.69) is 10.6 Å². The quantitative estimate of drug-likeness (QED) is 0.233. The lowest BCUT2D eigenvalue weighted by Crippen LogP contribution is -2.50. The summed E-state index contributed by atoms with van der Waals surface area (Å²) >= 11 is 3.32. The summed E-state index contributed by atoms with van der Waals surface area (Å²) in [4.78, 5) is 26.4. The Labute approximate surface area is 232 Å². The molecule has 0 bridgehead atoms. The Balaban J connectivity index is 2.51. The topological polar surface area (TPSA) is 67.4 Å². The minimum atomic E-state index is -6.27. The van der Waals surface area contributed by atoms with E-state index in [-0.39, 0.29) is 22.4 Å². The molecule has 2 aromatic carbocycles. The third-order valence-electron chi connectivity index (χ3n) is 5.41. The number of hydrogen-bond acceptors (Lipinski definition) is 4. The second-order valence-corrected chi connectivity index (χ2v) is 10.9. The van der Waals surface area contributed by atoms with E-state index in [1.807, 2.05) is 28.8 Å². The molecule has 0 spiro atoms. The highest BCUT2D eigenvalue weighted by Crippen LogP contribution is 2.53. The first-order chi connectivity index (χ1) is 17.3. The molecule has 38 heavy (non-hydrogen) atoms. The average Bonchev–Trinajstić information content (AvgIpc) is 2.77. The van der Waals surface area contributed by atoms with E-state index in [1.165, 1.54) is 31.0 Å². The maximum absolute atomic E-state index is 14.4. The number of rotatable bonds is 8. The van der Waals surface area contributed by atoms with Crippen molar-refractivity contribution in [1.29, 1.82) is 0 Å². The molecule has 0 aliphatic carbocycles. The number of carbonyl (C=O) groups is 2. The molecule has 2 rings (SSSR count). The number of halogens is 8. The van der Waals surface area contributed by atoms with Crippen LogP contribution >= 0.6 is 34.4 Å². The number of nitrogens with one attached hydrogen (secondary N) is 2. The van der Waals surface area contributed by atoms with Crippen molar-refractivity contribution in [2.45, 2.75) is 44.3 Å². The summed E-state index contributed by atoms with van der Waals surface area (Å²) in [6.07, 6.45) is -10.7. The molecule has 0 aliphatic rings. The van der Waals surface area contributed by atoms with Gasteiger partial charge < -0.3 is 15.4 Å². The van der Waals surface area contributed by atoms with Gasteiger partial charge in [0.15, 0.2) is 0 Å². The Bertz CT molecular complexity index is 1200. The first-order valence-corrected chi connectivity index (χ1v) is 13.2. The lowest BCUT2D eigenvalue weighted by Gasteiger charge is -2.30. The predicted molar refractivity (Wildman–Crippen MR) is 140 cm³/mol. The maximum atomic E-state index is 14.4. The van der Waals surface area contributed by atoms with Gasteiger partial charge in [0.25, 0.3) is 11.8 Å². The summed E-state index contributed by atoms with van der Waals surface area (Å²) < 4.78 is 98.7. The van der Waals surface area contributed by atoms with Gasteiger partial charge in [-0.3, -0.25) is 9.59 Å². The second kappa shape index (κ2) is 11.5. The van der Waals surface area contributed by atoms with Crippen LogP contribution in [-0.4, -0.2) is 48.8 Å². The van der Waals surface area contributed by atoms with Crippen molar-refractivity contribution < 1.29 is 45.1 Å². The first-order valence-electron chi connectivity index (χ1n) is 10.7. The number of benzene rings is 2. The van der Waals surface area contributed by atoms with Gasteiger partial charge in [-0.2, -0.15) is 38.1 Å². The number of hydrogen-bond donors (Lipinski definition) is 2. The van der Waals surface area contributed by atoms with E-state index in [1.54, 1.807) is 13.8 Å². The van der Waals surface area contributed by atoms with E-state index >= 15 is 0 Å². The number of ether oxygens (including phenoxy) is 1. The van der Waals surface area contributed by atoms with Crippen LogP contribution in [0.5, 0.6) is 5.75 Å². The number of amides is 2. The molecule has 0 radical (unpaired) electrons. The largest absolute Gasteiger partial charge is 0.496 e. The van der Waals surface area contributed by atoms with Gasteiger partial charge in [-0.1, -0.05) is 12.1 Å². The van der Waals surface area contributed by atoms with Gasteiger partial charge in [0, 0.05) is 22.5 Å². The fourth-order valence-corrected chi connectivity index (χ4v) is 5.32. The first kappa shape index (κ1) is 32.0. The Morgan fingerprint density at radius 2 is 1.55 bits per heavy atom. The van der Waals surface area contributed by atoms with Gasteiger partial charge in [-0.15, -0.1) is 0 Å². The monoisotopic (exact) mass is 680 g/mol. The van der Waals surface area contributed by atoms with E-state index in [0.29, 0.717) is 27.2 Å². The molecule has 0 saturated carbocycles. The molecular formula is C24H24F7IN2O3S. The molecule has 0 aromatic heterocycles. The molecule has 0 fully saturated rings. The summed E-state index contributed by atoms with van der Waals surface area (Å²) in [7, 11) is 1.37. The van der Waals surface area contributed by atoms with Crippen molar-refractivity contribution in [2.24, 2.45) is 0 Å². The van der Waals surface area contributed by atoms with Crippen molar-refractivity contribution >= 4 is 51.9 Å². The molecule has 0 unspecified atom stereocenters. The zero-order valence-corrected chi connectivity index (χ0v) is 23.7. The fraction of sp³-hybridized carbons (Fsp3) is 0.417. The van der Waals surface area contributed by atoms with Crippen molar-refractivity contribution in [3.63, 3.8) is 0 Å². The van der Waals surface area contributed by atoms with Crippen LogP contribution in [0.15, 0.2) is 30.3 Å². The Morgan fingerprint density at radius 3 is 2.03 bits per heavy atom. The molecule has 2 amide bonds. The summed E-state index contributed by atoms with van der Waals surface area (Å²) in [6, 6.07) is 4.15. The summed E-state index contributed by atoms with van der Waals surface area (Å²) in [5, 5.41) is 5.21. The smallest absolute Gasteiger partial charge is 0.435 e. The van der Waals surface area contributed by atoms with Crippen LogP contribution in [0.25, 0.3) is 0 Å². The average molecular weight is 680 g/mol. The second-order valence-electron chi connectivity index (χ2n) is 8.91. The Kier molecular flexibility index (Phi) is 9.66. The summed E-state index contributed by atoms with van der Waals surface area (Å²) in [6.45, 7) is 4.68. The Hall–Kier alpha value is -2.23.